The van der Waals surface area contributed by atoms with E-state index in [4.69, 9.17) is 5.73 Å². The summed E-state index contributed by atoms with van der Waals surface area (Å²) in [6.45, 7) is 6.26. The number of aromatic nitrogens is 2. The second-order valence-corrected chi connectivity index (χ2v) is 5.58. The van der Waals surface area contributed by atoms with E-state index in [1.165, 1.54) is 6.07 Å². The van der Waals surface area contributed by atoms with Gasteiger partial charge in [0.1, 0.15) is 5.82 Å². The summed E-state index contributed by atoms with van der Waals surface area (Å²) >= 11 is 3.19. The first-order valence-corrected chi connectivity index (χ1v) is 6.29. The molecule has 0 bridgehead atoms. The van der Waals surface area contributed by atoms with Crippen molar-refractivity contribution in [2.45, 2.75) is 32.7 Å². The Morgan fingerprint density at radius 1 is 1.47 bits per heavy atom. The maximum Gasteiger partial charge on any atom is 0.201 e. The Kier molecular flexibility index (Phi) is 2.89. The van der Waals surface area contributed by atoms with Crippen molar-refractivity contribution in [3.8, 4) is 0 Å². The Hall–Kier alpha value is -1.10. The quantitative estimate of drug-likeness (QED) is 0.919. The SMILES string of the molecule is CCC(C)(C)n1c(N)nc2cc(F)c(Br)cc21. The van der Waals surface area contributed by atoms with E-state index >= 15 is 0 Å². The minimum Gasteiger partial charge on any atom is -0.369 e. The normalized spacial score (nSPS) is 12.3. The lowest BCUT2D eigenvalue weighted by molar-refractivity contribution is 0.357. The Bertz CT molecular complexity index is 575. The lowest BCUT2D eigenvalue weighted by Gasteiger charge is -2.26. The molecule has 0 atom stereocenters. The van der Waals surface area contributed by atoms with E-state index in [0.717, 1.165) is 11.9 Å². The molecule has 0 spiro atoms. The van der Waals surface area contributed by atoms with E-state index < -0.39 is 0 Å². The van der Waals surface area contributed by atoms with Crippen LogP contribution >= 0.6 is 15.9 Å². The number of hydrogen-bond donors (Lipinski definition) is 1. The summed E-state index contributed by atoms with van der Waals surface area (Å²) in [5, 5.41) is 0. The number of anilines is 1. The van der Waals surface area contributed by atoms with Gasteiger partial charge in [-0.15, -0.1) is 0 Å². The van der Waals surface area contributed by atoms with Crippen LogP contribution in [-0.4, -0.2) is 9.55 Å². The average molecular weight is 300 g/mol. The van der Waals surface area contributed by atoms with Gasteiger partial charge in [-0.2, -0.15) is 0 Å². The highest BCUT2D eigenvalue weighted by molar-refractivity contribution is 9.10. The summed E-state index contributed by atoms with van der Waals surface area (Å²) in [7, 11) is 0. The number of nitrogens with zero attached hydrogens (tertiary/aromatic N) is 2. The van der Waals surface area contributed by atoms with Gasteiger partial charge in [-0.05, 0) is 42.3 Å². The Morgan fingerprint density at radius 2 is 2.12 bits per heavy atom. The zero-order valence-electron chi connectivity index (χ0n) is 10.1. The first-order chi connectivity index (χ1) is 7.86. The van der Waals surface area contributed by atoms with Gasteiger partial charge in [0.25, 0.3) is 0 Å². The standard InChI is InChI=1S/C12H15BrFN3/c1-4-12(2,3)17-10-5-7(13)8(14)6-9(10)16-11(17)15/h5-6H,4H2,1-3H3,(H2,15,16). The summed E-state index contributed by atoms with van der Waals surface area (Å²) in [4.78, 5) is 4.21. The van der Waals surface area contributed by atoms with Gasteiger partial charge in [-0.1, -0.05) is 6.92 Å². The van der Waals surface area contributed by atoms with Gasteiger partial charge in [0.05, 0.1) is 15.5 Å². The van der Waals surface area contributed by atoms with Crippen LogP contribution in [0.2, 0.25) is 0 Å². The molecule has 3 nitrogen and oxygen atoms in total. The van der Waals surface area contributed by atoms with Crippen molar-refractivity contribution < 1.29 is 4.39 Å². The first-order valence-electron chi connectivity index (χ1n) is 5.50. The summed E-state index contributed by atoms with van der Waals surface area (Å²) < 4.78 is 15.8. The van der Waals surface area contributed by atoms with E-state index in [9.17, 15) is 4.39 Å². The van der Waals surface area contributed by atoms with E-state index in [1.807, 2.05) is 4.57 Å². The predicted octanol–water partition coefficient (Wildman–Crippen LogP) is 3.67. The van der Waals surface area contributed by atoms with E-state index in [0.29, 0.717) is 15.9 Å². The van der Waals surface area contributed by atoms with E-state index in [-0.39, 0.29) is 11.4 Å². The fourth-order valence-electron chi connectivity index (χ4n) is 1.89. The van der Waals surface area contributed by atoms with Crippen LogP contribution in [0.25, 0.3) is 11.0 Å². The fourth-order valence-corrected chi connectivity index (χ4v) is 2.22. The molecule has 0 saturated carbocycles. The van der Waals surface area contributed by atoms with Crippen molar-refractivity contribution in [3.05, 3.63) is 22.4 Å². The molecule has 2 rings (SSSR count). The number of imidazole rings is 1. The third kappa shape index (κ3) is 1.92. The Morgan fingerprint density at radius 3 is 2.71 bits per heavy atom. The van der Waals surface area contributed by atoms with Crippen LogP contribution in [0.1, 0.15) is 27.2 Å². The molecule has 0 radical (unpaired) electrons. The largest absolute Gasteiger partial charge is 0.369 e. The van der Waals surface area contributed by atoms with Crippen LogP contribution in [0.15, 0.2) is 16.6 Å². The minimum absolute atomic E-state index is 0.143. The van der Waals surface area contributed by atoms with Crippen LogP contribution in [0.4, 0.5) is 10.3 Å². The molecule has 0 saturated heterocycles. The molecule has 1 aromatic carbocycles. The molecule has 0 aliphatic rings. The number of fused-ring (bicyclic) bond motifs is 1. The lowest BCUT2D eigenvalue weighted by atomic mass is 10.0. The molecule has 0 aliphatic carbocycles. The molecule has 0 aliphatic heterocycles. The summed E-state index contributed by atoms with van der Waals surface area (Å²) in [5.74, 6) is 0.0980. The van der Waals surface area contributed by atoms with Crippen LogP contribution in [0.3, 0.4) is 0 Å². The molecule has 0 unspecified atom stereocenters. The molecule has 0 amide bonds. The number of hydrogen-bond acceptors (Lipinski definition) is 2. The van der Waals surface area contributed by atoms with Gasteiger partial charge in [0, 0.05) is 11.6 Å². The van der Waals surface area contributed by atoms with Gasteiger partial charge in [0.2, 0.25) is 5.95 Å². The van der Waals surface area contributed by atoms with Crippen molar-refractivity contribution in [2.24, 2.45) is 0 Å². The maximum atomic E-state index is 13.4. The van der Waals surface area contributed by atoms with Crippen LogP contribution in [0, 0.1) is 5.82 Å². The number of benzene rings is 1. The second-order valence-electron chi connectivity index (χ2n) is 4.73. The topological polar surface area (TPSA) is 43.8 Å². The van der Waals surface area contributed by atoms with Crippen LogP contribution < -0.4 is 5.73 Å². The summed E-state index contributed by atoms with van der Waals surface area (Å²) in [5.41, 5.74) is 7.22. The van der Waals surface area contributed by atoms with Crippen molar-refractivity contribution in [1.82, 2.24) is 9.55 Å². The monoisotopic (exact) mass is 299 g/mol. The highest BCUT2D eigenvalue weighted by Gasteiger charge is 2.23. The number of nitrogens with two attached hydrogens (primary N) is 1. The van der Waals surface area contributed by atoms with Crippen molar-refractivity contribution in [1.29, 1.82) is 0 Å². The van der Waals surface area contributed by atoms with Gasteiger partial charge in [-0.3, -0.25) is 0 Å². The van der Waals surface area contributed by atoms with Crippen LogP contribution in [-0.2, 0) is 5.54 Å². The first kappa shape index (κ1) is 12.4. The highest BCUT2D eigenvalue weighted by Crippen LogP contribution is 2.31. The summed E-state index contributed by atoms with van der Waals surface area (Å²) in [6, 6.07) is 3.13. The van der Waals surface area contributed by atoms with Gasteiger partial charge in [0.15, 0.2) is 0 Å². The zero-order chi connectivity index (χ0) is 12.8. The Balaban J connectivity index is 2.80. The second kappa shape index (κ2) is 3.98. The molecule has 2 N–H and O–H groups in total. The van der Waals surface area contributed by atoms with Crippen molar-refractivity contribution in [3.63, 3.8) is 0 Å². The maximum absolute atomic E-state index is 13.4. The predicted molar refractivity (Wildman–Crippen MR) is 71.4 cm³/mol. The fraction of sp³-hybridized carbons (Fsp3) is 0.417. The van der Waals surface area contributed by atoms with Crippen molar-refractivity contribution >= 4 is 32.9 Å². The van der Waals surface area contributed by atoms with Gasteiger partial charge in [-0.25, -0.2) is 9.37 Å². The van der Waals surface area contributed by atoms with E-state index in [2.05, 4.69) is 41.7 Å². The molecule has 92 valence electrons. The summed E-state index contributed by atoms with van der Waals surface area (Å²) in [6.07, 6.45) is 0.914. The van der Waals surface area contributed by atoms with Crippen molar-refractivity contribution in [2.75, 3.05) is 5.73 Å². The molecule has 17 heavy (non-hydrogen) atoms. The molecular formula is C12H15BrFN3. The van der Waals surface area contributed by atoms with E-state index in [1.54, 1.807) is 6.07 Å². The lowest BCUT2D eigenvalue weighted by Crippen LogP contribution is -2.26. The molecule has 1 heterocycles. The molecule has 5 heteroatoms. The molecular weight excluding hydrogens is 285 g/mol. The Labute approximate surface area is 108 Å². The third-order valence-electron chi connectivity index (χ3n) is 3.19. The molecule has 2 aromatic rings. The molecule has 0 fully saturated rings. The number of halogens is 2. The molecule has 1 aromatic heterocycles. The zero-order valence-corrected chi connectivity index (χ0v) is 11.7. The number of rotatable bonds is 2. The minimum atomic E-state index is -0.323. The smallest absolute Gasteiger partial charge is 0.201 e. The van der Waals surface area contributed by atoms with Crippen LogP contribution in [0.5, 0.6) is 0 Å². The number of nitrogen functional groups attached to an aromatic ring is 1. The van der Waals surface area contributed by atoms with Gasteiger partial charge >= 0.3 is 0 Å². The highest BCUT2D eigenvalue weighted by atomic mass is 79.9. The average Bonchev–Trinajstić information content (AvgIpc) is 2.55. The van der Waals surface area contributed by atoms with Gasteiger partial charge < -0.3 is 10.3 Å². The third-order valence-corrected chi connectivity index (χ3v) is 3.80.